The summed E-state index contributed by atoms with van der Waals surface area (Å²) in [4.78, 5) is 2.08. The standard InChI is InChI=1S/C15H18ClF2N3OS/c1-20(16)3-2-11-7-19-15(23)21(11)12-5-9-4-10(17)6-13(18)14(9)22-8-12/h4,6,11-12H,2-3,5,7-8H2,1H3,(H,19,23). The summed E-state index contributed by atoms with van der Waals surface area (Å²) in [5, 5.41) is 3.83. The van der Waals surface area contributed by atoms with Crippen molar-refractivity contribution in [3.05, 3.63) is 29.3 Å². The molecule has 0 radical (unpaired) electrons. The minimum Gasteiger partial charge on any atom is -0.488 e. The first-order valence-corrected chi connectivity index (χ1v) is 8.24. The summed E-state index contributed by atoms with van der Waals surface area (Å²) in [6.07, 6.45) is 1.34. The molecule has 1 saturated heterocycles. The maximum atomic E-state index is 13.8. The fraction of sp³-hybridized carbons (Fsp3) is 0.533. The molecule has 0 aromatic heterocycles. The van der Waals surface area contributed by atoms with Crippen LogP contribution in [0.5, 0.6) is 5.75 Å². The minimum absolute atomic E-state index is 0.0446. The maximum absolute atomic E-state index is 13.8. The van der Waals surface area contributed by atoms with Gasteiger partial charge in [-0.2, -0.15) is 0 Å². The van der Waals surface area contributed by atoms with E-state index in [2.05, 4.69) is 10.2 Å². The molecule has 0 saturated carbocycles. The molecule has 2 atom stereocenters. The van der Waals surface area contributed by atoms with Crippen LogP contribution in [-0.2, 0) is 6.42 Å². The summed E-state index contributed by atoms with van der Waals surface area (Å²) in [6.45, 7) is 1.79. The number of ether oxygens (including phenoxy) is 1. The van der Waals surface area contributed by atoms with E-state index in [0.717, 1.165) is 25.6 Å². The fourth-order valence-electron chi connectivity index (χ4n) is 3.19. The van der Waals surface area contributed by atoms with Crippen LogP contribution in [0, 0.1) is 11.6 Å². The van der Waals surface area contributed by atoms with Gasteiger partial charge in [0.2, 0.25) is 0 Å². The molecular formula is C15H18ClF2N3OS. The number of thiocarbonyl (C=S) groups is 1. The highest BCUT2D eigenvalue weighted by atomic mass is 35.5. The highest BCUT2D eigenvalue weighted by Gasteiger charge is 2.36. The van der Waals surface area contributed by atoms with Crippen molar-refractivity contribution in [2.75, 3.05) is 26.7 Å². The Bertz CT molecular complexity index is 617. The zero-order valence-corrected chi connectivity index (χ0v) is 14.3. The Morgan fingerprint density at radius 2 is 2.26 bits per heavy atom. The van der Waals surface area contributed by atoms with Gasteiger partial charge in [0.15, 0.2) is 16.7 Å². The fourth-order valence-corrected chi connectivity index (χ4v) is 3.67. The molecule has 2 aliphatic rings. The third-order valence-corrected chi connectivity index (χ3v) is 4.77. The van der Waals surface area contributed by atoms with Crippen LogP contribution in [0.2, 0.25) is 0 Å². The highest BCUT2D eigenvalue weighted by molar-refractivity contribution is 7.80. The molecule has 4 nitrogen and oxygen atoms in total. The van der Waals surface area contributed by atoms with E-state index in [1.54, 1.807) is 11.5 Å². The Morgan fingerprint density at radius 1 is 1.48 bits per heavy atom. The lowest BCUT2D eigenvalue weighted by molar-refractivity contribution is 0.148. The van der Waals surface area contributed by atoms with Gasteiger partial charge in [-0.1, -0.05) is 0 Å². The van der Waals surface area contributed by atoms with E-state index in [1.165, 1.54) is 6.07 Å². The van der Waals surface area contributed by atoms with Crippen LogP contribution in [-0.4, -0.2) is 53.3 Å². The van der Waals surface area contributed by atoms with Crippen molar-refractivity contribution >= 4 is 29.1 Å². The second-order valence-electron chi connectivity index (χ2n) is 5.91. The Labute approximate surface area is 144 Å². The Kier molecular flexibility index (Phi) is 4.89. The van der Waals surface area contributed by atoms with E-state index in [1.807, 2.05) is 0 Å². The molecule has 1 aromatic rings. The monoisotopic (exact) mass is 361 g/mol. The molecule has 23 heavy (non-hydrogen) atoms. The number of hydrogen-bond donors (Lipinski definition) is 1. The summed E-state index contributed by atoms with van der Waals surface area (Å²) in [6, 6.07) is 2.33. The van der Waals surface area contributed by atoms with Crippen LogP contribution in [0.3, 0.4) is 0 Å². The molecule has 0 aliphatic carbocycles. The third-order valence-electron chi connectivity index (χ3n) is 4.24. The average Bonchev–Trinajstić information content (AvgIpc) is 2.85. The molecule has 1 N–H and O–H groups in total. The molecule has 1 fully saturated rings. The second-order valence-corrected chi connectivity index (χ2v) is 6.87. The van der Waals surface area contributed by atoms with Crippen molar-refractivity contribution in [2.24, 2.45) is 0 Å². The largest absolute Gasteiger partial charge is 0.488 e. The lowest BCUT2D eigenvalue weighted by atomic mass is 9.99. The van der Waals surface area contributed by atoms with Crippen LogP contribution < -0.4 is 10.1 Å². The van der Waals surface area contributed by atoms with Gasteiger partial charge in [-0.25, -0.2) is 13.2 Å². The topological polar surface area (TPSA) is 27.7 Å². The van der Waals surface area contributed by atoms with Crippen molar-refractivity contribution < 1.29 is 13.5 Å². The zero-order valence-electron chi connectivity index (χ0n) is 12.7. The first kappa shape index (κ1) is 16.7. The molecule has 126 valence electrons. The van der Waals surface area contributed by atoms with Gasteiger partial charge in [-0.3, -0.25) is 0 Å². The molecule has 1 aromatic carbocycles. The number of nitrogens with zero attached hydrogens (tertiary/aromatic N) is 2. The number of fused-ring (bicyclic) bond motifs is 1. The first-order valence-electron chi connectivity index (χ1n) is 7.49. The predicted molar refractivity (Wildman–Crippen MR) is 88.7 cm³/mol. The van der Waals surface area contributed by atoms with E-state index in [-0.39, 0.29) is 17.8 Å². The van der Waals surface area contributed by atoms with Gasteiger partial charge in [0.05, 0.1) is 12.1 Å². The van der Waals surface area contributed by atoms with Gasteiger partial charge in [-0.15, -0.1) is 0 Å². The van der Waals surface area contributed by atoms with Crippen LogP contribution in [0.25, 0.3) is 0 Å². The Balaban J connectivity index is 1.77. The maximum Gasteiger partial charge on any atom is 0.169 e. The van der Waals surface area contributed by atoms with E-state index in [0.29, 0.717) is 23.7 Å². The van der Waals surface area contributed by atoms with Crippen molar-refractivity contribution in [1.82, 2.24) is 14.6 Å². The molecular weight excluding hydrogens is 344 g/mol. The second kappa shape index (κ2) is 6.75. The summed E-state index contributed by atoms with van der Waals surface area (Å²) in [5.74, 6) is -1.09. The third kappa shape index (κ3) is 3.51. The molecule has 2 unspecified atom stereocenters. The van der Waals surface area contributed by atoms with Gasteiger partial charge in [0.25, 0.3) is 0 Å². The lowest BCUT2D eigenvalue weighted by Gasteiger charge is -2.36. The highest BCUT2D eigenvalue weighted by Crippen LogP contribution is 2.32. The van der Waals surface area contributed by atoms with Crippen molar-refractivity contribution in [1.29, 1.82) is 0 Å². The summed E-state index contributed by atoms with van der Waals surface area (Å²) in [7, 11) is 1.80. The van der Waals surface area contributed by atoms with E-state index in [4.69, 9.17) is 28.7 Å². The van der Waals surface area contributed by atoms with Crippen molar-refractivity contribution in [3.8, 4) is 5.75 Å². The van der Waals surface area contributed by atoms with Crippen molar-refractivity contribution in [3.63, 3.8) is 0 Å². The Morgan fingerprint density at radius 3 is 3.00 bits per heavy atom. The predicted octanol–water partition coefficient (Wildman–Crippen LogP) is 2.30. The molecule has 2 heterocycles. The summed E-state index contributed by atoms with van der Waals surface area (Å²) < 4.78 is 34.4. The smallest absolute Gasteiger partial charge is 0.169 e. The number of benzene rings is 1. The van der Waals surface area contributed by atoms with Gasteiger partial charge >= 0.3 is 0 Å². The van der Waals surface area contributed by atoms with Gasteiger partial charge < -0.3 is 15.0 Å². The lowest BCUT2D eigenvalue weighted by Crippen LogP contribution is -2.49. The van der Waals surface area contributed by atoms with Crippen LogP contribution in [0.4, 0.5) is 8.78 Å². The van der Waals surface area contributed by atoms with Crippen LogP contribution in [0.1, 0.15) is 12.0 Å². The average molecular weight is 362 g/mol. The van der Waals surface area contributed by atoms with Gasteiger partial charge in [0, 0.05) is 38.2 Å². The molecule has 8 heteroatoms. The molecule has 0 spiro atoms. The summed E-state index contributed by atoms with van der Waals surface area (Å²) >= 11 is 11.3. The van der Waals surface area contributed by atoms with Gasteiger partial charge in [-0.05, 0) is 36.5 Å². The minimum atomic E-state index is -0.652. The molecule has 0 bridgehead atoms. The first-order chi connectivity index (χ1) is 11.0. The normalized spacial score (nSPS) is 23.7. The zero-order chi connectivity index (χ0) is 16.6. The number of rotatable bonds is 4. The molecule has 0 amide bonds. The number of nitrogens with one attached hydrogen (secondary N) is 1. The molecule has 3 rings (SSSR count). The van der Waals surface area contributed by atoms with E-state index in [9.17, 15) is 8.78 Å². The van der Waals surface area contributed by atoms with E-state index >= 15 is 0 Å². The van der Waals surface area contributed by atoms with Crippen LogP contribution >= 0.6 is 24.0 Å². The summed E-state index contributed by atoms with van der Waals surface area (Å²) in [5.41, 5.74) is 0.543. The number of hydrogen-bond acceptors (Lipinski definition) is 3. The van der Waals surface area contributed by atoms with E-state index < -0.39 is 11.6 Å². The molecule has 2 aliphatic heterocycles. The Hall–Kier alpha value is -1.18. The number of halogens is 3. The van der Waals surface area contributed by atoms with Crippen molar-refractivity contribution in [2.45, 2.75) is 24.9 Å². The quantitative estimate of drug-likeness (QED) is 0.656. The van der Waals surface area contributed by atoms with Gasteiger partial charge in [0.1, 0.15) is 12.4 Å². The SMILES string of the molecule is CN(Cl)CCC1CNC(=S)N1C1COc2c(F)cc(F)cc2C1. The van der Waals surface area contributed by atoms with Crippen LogP contribution in [0.15, 0.2) is 12.1 Å².